The molecule has 0 fully saturated rings. The van der Waals surface area contributed by atoms with Gasteiger partial charge in [0.25, 0.3) is 0 Å². The molecule has 0 spiro atoms. The Morgan fingerprint density at radius 3 is 2.47 bits per heavy atom. The normalized spacial score (nSPS) is 11.7. The zero-order valence-electron chi connectivity index (χ0n) is 9.54. The van der Waals surface area contributed by atoms with Gasteiger partial charge in [-0.05, 0) is 13.3 Å². The topological polar surface area (TPSA) is 64.6 Å². The predicted molar refractivity (Wildman–Crippen MR) is 55.5 cm³/mol. The SMILES string of the molecule is CCCCC(NC(=O)OC)C(=O)OCC. The molecule has 15 heavy (non-hydrogen) atoms. The van der Waals surface area contributed by atoms with Crippen molar-refractivity contribution in [3.8, 4) is 0 Å². The summed E-state index contributed by atoms with van der Waals surface area (Å²) in [6.45, 7) is 4.05. The fourth-order valence-electron chi connectivity index (χ4n) is 1.10. The minimum atomic E-state index is -0.607. The number of carbonyl (C=O) groups excluding carboxylic acids is 2. The van der Waals surface area contributed by atoms with Crippen molar-refractivity contribution in [3.63, 3.8) is 0 Å². The first-order valence-electron chi connectivity index (χ1n) is 5.16. The highest BCUT2D eigenvalue weighted by Crippen LogP contribution is 2.03. The van der Waals surface area contributed by atoms with Crippen LogP contribution in [-0.4, -0.2) is 31.8 Å². The molecule has 0 saturated carbocycles. The Bertz CT molecular complexity index is 206. The Hall–Kier alpha value is -1.26. The summed E-state index contributed by atoms with van der Waals surface area (Å²) < 4.78 is 9.27. The van der Waals surface area contributed by atoms with Gasteiger partial charge in [-0.2, -0.15) is 0 Å². The first kappa shape index (κ1) is 13.7. The molecular formula is C10H19NO4. The molecule has 0 aromatic carbocycles. The minimum absolute atomic E-state index is 0.310. The van der Waals surface area contributed by atoms with Crippen LogP contribution >= 0.6 is 0 Å². The number of amides is 1. The Labute approximate surface area is 90.1 Å². The number of esters is 1. The van der Waals surface area contributed by atoms with Crippen molar-refractivity contribution >= 4 is 12.1 Å². The first-order valence-corrected chi connectivity index (χ1v) is 5.16. The number of rotatable bonds is 6. The van der Waals surface area contributed by atoms with Gasteiger partial charge < -0.3 is 14.8 Å². The lowest BCUT2D eigenvalue weighted by molar-refractivity contribution is -0.145. The van der Waals surface area contributed by atoms with Gasteiger partial charge in [0.15, 0.2) is 0 Å². The van der Waals surface area contributed by atoms with E-state index < -0.39 is 18.1 Å². The van der Waals surface area contributed by atoms with Gasteiger partial charge in [0.1, 0.15) is 6.04 Å². The maximum absolute atomic E-state index is 11.4. The number of alkyl carbamates (subject to hydrolysis) is 1. The summed E-state index contributed by atoms with van der Waals surface area (Å²) in [6.07, 6.45) is 1.78. The number of carbonyl (C=O) groups is 2. The maximum atomic E-state index is 11.4. The summed E-state index contributed by atoms with van der Waals surface area (Å²) in [4.78, 5) is 22.4. The summed E-state index contributed by atoms with van der Waals surface area (Å²) >= 11 is 0. The fourth-order valence-corrected chi connectivity index (χ4v) is 1.10. The Balaban J connectivity index is 4.16. The number of hydrogen-bond donors (Lipinski definition) is 1. The Morgan fingerprint density at radius 1 is 1.33 bits per heavy atom. The van der Waals surface area contributed by atoms with Gasteiger partial charge in [-0.1, -0.05) is 19.8 Å². The van der Waals surface area contributed by atoms with E-state index in [-0.39, 0.29) is 0 Å². The summed E-state index contributed by atoms with van der Waals surface area (Å²) in [6, 6.07) is -0.600. The van der Waals surface area contributed by atoms with Gasteiger partial charge >= 0.3 is 12.1 Å². The molecule has 0 aliphatic rings. The molecule has 1 unspecified atom stereocenters. The van der Waals surface area contributed by atoms with Gasteiger partial charge in [0, 0.05) is 0 Å². The van der Waals surface area contributed by atoms with E-state index in [1.165, 1.54) is 7.11 Å². The molecule has 0 heterocycles. The number of nitrogens with one attached hydrogen (secondary N) is 1. The average molecular weight is 217 g/mol. The van der Waals surface area contributed by atoms with Crippen LogP contribution < -0.4 is 5.32 Å². The molecule has 0 aliphatic carbocycles. The zero-order valence-corrected chi connectivity index (χ0v) is 9.54. The van der Waals surface area contributed by atoms with Crippen LogP contribution in [0.25, 0.3) is 0 Å². The smallest absolute Gasteiger partial charge is 0.407 e. The van der Waals surface area contributed by atoms with E-state index in [4.69, 9.17) is 4.74 Å². The third-order valence-electron chi connectivity index (χ3n) is 1.89. The van der Waals surface area contributed by atoms with Crippen LogP contribution in [0, 0.1) is 0 Å². The van der Waals surface area contributed by atoms with Gasteiger partial charge in [-0.3, -0.25) is 0 Å². The number of methoxy groups -OCH3 is 1. The highest BCUT2D eigenvalue weighted by Gasteiger charge is 2.21. The van der Waals surface area contributed by atoms with Crippen molar-refractivity contribution in [3.05, 3.63) is 0 Å². The molecule has 5 nitrogen and oxygen atoms in total. The molecule has 0 rings (SSSR count). The number of unbranched alkanes of at least 4 members (excludes halogenated alkanes) is 1. The minimum Gasteiger partial charge on any atom is -0.464 e. The summed E-state index contributed by atoms with van der Waals surface area (Å²) in [5.41, 5.74) is 0. The summed E-state index contributed by atoms with van der Waals surface area (Å²) in [5, 5.41) is 2.45. The zero-order chi connectivity index (χ0) is 11.7. The molecule has 88 valence electrons. The Kier molecular flexibility index (Phi) is 7.40. The molecular weight excluding hydrogens is 198 g/mol. The van der Waals surface area contributed by atoms with E-state index in [0.717, 1.165) is 12.8 Å². The van der Waals surface area contributed by atoms with Gasteiger partial charge in [-0.25, -0.2) is 9.59 Å². The van der Waals surface area contributed by atoms with Crippen molar-refractivity contribution in [2.45, 2.75) is 39.2 Å². The first-order chi connectivity index (χ1) is 7.15. The molecule has 1 N–H and O–H groups in total. The average Bonchev–Trinajstić information content (AvgIpc) is 2.24. The largest absolute Gasteiger partial charge is 0.464 e. The third kappa shape index (κ3) is 5.93. The van der Waals surface area contributed by atoms with Gasteiger partial charge in [0.05, 0.1) is 13.7 Å². The van der Waals surface area contributed by atoms with Crippen LogP contribution in [0.15, 0.2) is 0 Å². The van der Waals surface area contributed by atoms with E-state index in [1.54, 1.807) is 6.92 Å². The standard InChI is InChI=1S/C10H19NO4/c1-4-6-7-8(9(12)15-5-2)11-10(13)14-3/h8H,4-7H2,1-3H3,(H,11,13). The third-order valence-corrected chi connectivity index (χ3v) is 1.89. The molecule has 1 atom stereocenters. The van der Waals surface area contributed by atoms with Gasteiger partial charge in [0.2, 0.25) is 0 Å². The van der Waals surface area contributed by atoms with Crippen LogP contribution in [0.3, 0.4) is 0 Å². The van der Waals surface area contributed by atoms with E-state index in [1.807, 2.05) is 6.92 Å². The molecule has 0 aromatic heterocycles. The second-order valence-electron chi connectivity index (χ2n) is 3.08. The van der Waals surface area contributed by atoms with Crippen LogP contribution in [0.1, 0.15) is 33.1 Å². The molecule has 0 aliphatic heterocycles. The lowest BCUT2D eigenvalue weighted by Crippen LogP contribution is -2.41. The van der Waals surface area contributed by atoms with Crippen molar-refractivity contribution in [2.24, 2.45) is 0 Å². The lowest BCUT2D eigenvalue weighted by Gasteiger charge is -2.15. The van der Waals surface area contributed by atoms with Crippen LogP contribution in [0.2, 0.25) is 0 Å². The fraction of sp³-hybridized carbons (Fsp3) is 0.800. The molecule has 0 radical (unpaired) electrons. The van der Waals surface area contributed by atoms with Crippen molar-refractivity contribution in [2.75, 3.05) is 13.7 Å². The van der Waals surface area contributed by atoms with Crippen LogP contribution in [0.4, 0.5) is 4.79 Å². The second kappa shape index (κ2) is 8.08. The van der Waals surface area contributed by atoms with E-state index in [9.17, 15) is 9.59 Å². The molecule has 1 amide bonds. The number of hydrogen-bond acceptors (Lipinski definition) is 4. The maximum Gasteiger partial charge on any atom is 0.407 e. The molecule has 0 aromatic rings. The quantitative estimate of drug-likeness (QED) is 0.684. The number of ether oxygens (including phenoxy) is 2. The van der Waals surface area contributed by atoms with E-state index >= 15 is 0 Å². The van der Waals surface area contributed by atoms with Gasteiger partial charge in [-0.15, -0.1) is 0 Å². The highest BCUT2D eigenvalue weighted by atomic mass is 16.5. The monoisotopic (exact) mass is 217 g/mol. The molecule has 5 heteroatoms. The predicted octanol–water partition coefficient (Wildman–Crippen LogP) is 1.46. The van der Waals surface area contributed by atoms with E-state index in [2.05, 4.69) is 10.1 Å². The van der Waals surface area contributed by atoms with Crippen LogP contribution in [0.5, 0.6) is 0 Å². The van der Waals surface area contributed by atoms with Crippen molar-refractivity contribution in [1.29, 1.82) is 0 Å². The van der Waals surface area contributed by atoms with Crippen molar-refractivity contribution in [1.82, 2.24) is 5.32 Å². The Morgan fingerprint density at radius 2 is 2.00 bits per heavy atom. The summed E-state index contributed by atoms with van der Waals surface area (Å²) in [7, 11) is 1.26. The summed E-state index contributed by atoms with van der Waals surface area (Å²) in [5.74, 6) is -0.406. The molecule has 0 saturated heterocycles. The van der Waals surface area contributed by atoms with Crippen LogP contribution in [-0.2, 0) is 14.3 Å². The highest BCUT2D eigenvalue weighted by molar-refractivity contribution is 5.81. The second-order valence-corrected chi connectivity index (χ2v) is 3.08. The van der Waals surface area contributed by atoms with E-state index in [0.29, 0.717) is 13.0 Å². The molecule has 0 bridgehead atoms. The lowest BCUT2D eigenvalue weighted by atomic mass is 10.1. The van der Waals surface area contributed by atoms with Crippen molar-refractivity contribution < 1.29 is 19.1 Å².